The lowest BCUT2D eigenvalue weighted by Gasteiger charge is -2.05. The molecular formula is C19H19N3O4. The van der Waals surface area contributed by atoms with Gasteiger partial charge in [0.2, 0.25) is 11.7 Å². The van der Waals surface area contributed by atoms with Crippen molar-refractivity contribution in [3.63, 3.8) is 0 Å². The third kappa shape index (κ3) is 4.00. The average molecular weight is 353 g/mol. The van der Waals surface area contributed by atoms with Gasteiger partial charge in [0, 0.05) is 18.5 Å². The zero-order valence-electron chi connectivity index (χ0n) is 14.6. The van der Waals surface area contributed by atoms with Gasteiger partial charge in [-0.2, -0.15) is 4.98 Å². The number of hydrogen-bond acceptors (Lipinski definition) is 6. The monoisotopic (exact) mass is 353 g/mol. The maximum atomic E-state index is 12.2. The first-order valence-corrected chi connectivity index (χ1v) is 8.09. The Balaban J connectivity index is 1.59. The molecule has 1 aromatic heterocycles. The summed E-state index contributed by atoms with van der Waals surface area (Å²) in [7, 11) is 3.15. The summed E-state index contributed by atoms with van der Waals surface area (Å²) in [5.41, 5.74) is 1.29. The fourth-order valence-corrected chi connectivity index (χ4v) is 2.44. The van der Waals surface area contributed by atoms with E-state index in [0.717, 1.165) is 5.56 Å². The number of nitrogens with one attached hydrogen (secondary N) is 1. The third-order valence-corrected chi connectivity index (χ3v) is 3.77. The number of nitrogens with zero attached hydrogens (tertiary/aromatic N) is 2. The van der Waals surface area contributed by atoms with E-state index in [1.54, 1.807) is 38.5 Å². The SMILES string of the molecule is COc1cccc(C(=O)NCCc2nc(-c3ccccc3OC)no2)c1. The summed E-state index contributed by atoms with van der Waals surface area (Å²) in [6.45, 7) is 0.379. The van der Waals surface area contributed by atoms with Crippen LogP contribution in [-0.2, 0) is 6.42 Å². The van der Waals surface area contributed by atoms with Crippen LogP contribution in [0.4, 0.5) is 0 Å². The quantitative estimate of drug-likeness (QED) is 0.703. The highest BCUT2D eigenvalue weighted by Gasteiger charge is 2.13. The van der Waals surface area contributed by atoms with Crippen molar-refractivity contribution in [1.29, 1.82) is 0 Å². The Morgan fingerprint density at radius 1 is 1.12 bits per heavy atom. The Bertz CT molecular complexity index is 892. The molecule has 7 heteroatoms. The van der Waals surface area contributed by atoms with Crippen molar-refractivity contribution in [3.05, 3.63) is 60.0 Å². The van der Waals surface area contributed by atoms with E-state index in [0.29, 0.717) is 41.7 Å². The first kappa shape index (κ1) is 17.5. The molecule has 0 saturated heterocycles. The largest absolute Gasteiger partial charge is 0.497 e. The van der Waals surface area contributed by atoms with Gasteiger partial charge in [0.05, 0.1) is 19.8 Å². The van der Waals surface area contributed by atoms with Gasteiger partial charge in [0.15, 0.2) is 0 Å². The normalized spacial score (nSPS) is 10.4. The number of ether oxygens (including phenoxy) is 2. The molecule has 7 nitrogen and oxygen atoms in total. The van der Waals surface area contributed by atoms with E-state index in [1.165, 1.54) is 0 Å². The molecule has 134 valence electrons. The zero-order chi connectivity index (χ0) is 18.4. The second kappa shape index (κ2) is 8.15. The van der Waals surface area contributed by atoms with Crippen LogP contribution >= 0.6 is 0 Å². The van der Waals surface area contributed by atoms with Crippen LogP contribution in [0.2, 0.25) is 0 Å². The lowest BCUT2D eigenvalue weighted by atomic mass is 10.2. The van der Waals surface area contributed by atoms with Crippen LogP contribution < -0.4 is 14.8 Å². The first-order chi connectivity index (χ1) is 12.7. The highest BCUT2D eigenvalue weighted by Crippen LogP contribution is 2.27. The number of carbonyl (C=O) groups excluding carboxylic acids is 1. The van der Waals surface area contributed by atoms with Gasteiger partial charge in [-0.25, -0.2) is 0 Å². The second-order valence-corrected chi connectivity index (χ2v) is 5.45. The smallest absolute Gasteiger partial charge is 0.251 e. The summed E-state index contributed by atoms with van der Waals surface area (Å²) in [5.74, 6) is 2.02. The Labute approximate surface area is 150 Å². The third-order valence-electron chi connectivity index (χ3n) is 3.77. The van der Waals surface area contributed by atoms with E-state index in [-0.39, 0.29) is 5.91 Å². The summed E-state index contributed by atoms with van der Waals surface area (Å²) in [6, 6.07) is 14.4. The second-order valence-electron chi connectivity index (χ2n) is 5.45. The molecule has 0 saturated carbocycles. The van der Waals surface area contributed by atoms with Crippen LogP contribution in [0.3, 0.4) is 0 Å². The van der Waals surface area contributed by atoms with Gasteiger partial charge < -0.3 is 19.3 Å². The van der Waals surface area contributed by atoms with Crippen molar-refractivity contribution < 1.29 is 18.8 Å². The lowest BCUT2D eigenvalue weighted by molar-refractivity contribution is 0.0953. The van der Waals surface area contributed by atoms with E-state index >= 15 is 0 Å². The van der Waals surface area contributed by atoms with Crippen LogP contribution in [0.15, 0.2) is 53.1 Å². The molecule has 0 aliphatic carbocycles. The van der Waals surface area contributed by atoms with Crippen molar-refractivity contribution in [2.45, 2.75) is 6.42 Å². The number of amides is 1. The van der Waals surface area contributed by atoms with Crippen molar-refractivity contribution in [2.75, 3.05) is 20.8 Å². The number of para-hydroxylation sites is 1. The van der Waals surface area contributed by atoms with E-state index in [2.05, 4.69) is 15.5 Å². The Morgan fingerprint density at radius 3 is 2.77 bits per heavy atom. The summed E-state index contributed by atoms with van der Waals surface area (Å²) in [4.78, 5) is 16.5. The summed E-state index contributed by atoms with van der Waals surface area (Å²) in [6.07, 6.45) is 0.428. The lowest BCUT2D eigenvalue weighted by Crippen LogP contribution is -2.25. The summed E-state index contributed by atoms with van der Waals surface area (Å²) in [5, 5.41) is 6.80. The average Bonchev–Trinajstić information content (AvgIpc) is 3.16. The highest BCUT2D eigenvalue weighted by atomic mass is 16.5. The van der Waals surface area contributed by atoms with Crippen molar-refractivity contribution in [1.82, 2.24) is 15.5 Å². The van der Waals surface area contributed by atoms with Gasteiger partial charge in [-0.3, -0.25) is 4.79 Å². The molecule has 0 bridgehead atoms. The van der Waals surface area contributed by atoms with Crippen LogP contribution in [0.25, 0.3) is 11.4 Å². The van der Waals surface area contributed by atoms with Crippen molar-refractivity contribution in [3.8, 4) is 22.9 Å². The molecule has 0 radical (unpaired) electrons. The molecule has 0 atom stereocenters. The molecule has 3 rings (SSSR count). The topological polar surface area (TPSA) is 86.5 Å². The minimum absolute atomic E-state index is 0.187. The molecule has 1 heterocycles. The number of carbonyl (C=O) groups is 1. The number of methoxy groups -OCH3 is 2. The minimum Gasteiger partial charge on any atom is -0.497 e. The van der Waals surface area contributed by atoms with Crippen LogP contribution in [0.5, 0.6) is 11.5 Å². The Hall–Kier alpha value is -3.35. The van der Waals surface area contributed by atoms with E-state index in [9.17, 15) is 4.79 Å². The standard InChI is InChI=1S/C19H19N3O4/c1-24-14-7-5-6-13(12-14)19(23)20-11-10-17-21-18(22-26-17)15-8-3-4-9-16(15)25-2/h3-9,12H,10-11H2,1-2H3,(H,20,23). The van der Waals surface area contributed by atoms with E-state index < -0.39 is 0 Å². The first-order valence-electron chi connectivity index (χ1n) is 8.09. The number of hydrogen-bond donors (Lipinski definition) is 1. The molecule has 3 aromatic rings. The van der Waals surface area contributed by atoms with Crippen LogP contribution in [-0.4, -0.2) is 36.8 Å². The maximum absolute atomic E-state index is 12.2. The van der Waals surface area contributed by atoms with Gasteiger partial charge in [-0.15, -0.1) is 0 Å². The predicted octanol–water partition coefficient (Wildman–Crippen LogP) is 2.73. The van der Waals surface area contributed by atoms with Crippen LogP contribution in [0, 0.1) is 0 Å². The molecule has 2 aromatic carbocycles. The number of rotatable bonds is 7. The molecule has 26 heavy (non-hydrogen) atoms. The zero-order valence-corrected chi connectivity index (χ0v) is 14.6. The van der Waals surface area contributed by atoms with Gasteiger partial charge in [0.25, 0.3) is 5.91 Å². The van der Waals surface area contributed by atoms with Gasteiger partial charge >= 0.3 is 0 Å². The van der Waals surface area contributed by atoms with Gasteiger partial charge in [-0.05, 0) is 30.3 Å². The van der Waals surface area contributed by atoms with E-state index in [4.69, 9.17) is 14.0 Å². The van der Waals surface area contributed by atoms with Gasteiger partial charge in [-0.1, -0.05) is 23.4 Å². The highest BCUT2D eigenvalue weighted by molar-refractivity contribution is 5.94. The fourth-order valence-electron chi connectivity index (χ4n) is 2.44. The van der Waals surface area contributed by atoms with Gasteiger partial charge in [0.1, 0.15) is 11.5 Å². The molecule has 0 aliphatic heterocycles. The maximum Gasteiger partial charge on any atom is 0.251 e. The summed E-state index contributed by atoms with van der Waals surface area (Å²) < 4.78 is 15.7. The molecule has 0 fully saturated rings. The molecule has 1 N–H and O–H groups in total. The molecule has 1 amide bonds. The minimum atomic E-state index is -0.187. The van der Waals surface area contributed by atoms with Crippen molar-refractivity contribution in [2.24, 2.45) is 0 Å². The number of aromatic nitrogens is 2. The van der Waals surface area contributed by atoms with Crippen LogP contribution in [0.1, 0.15) is 16.2 Å². The Kier molecular flexibility index (Phi) is 5.48. The predicted molar refractivity (Wildman–Crippen MR) is 95.3 cm³/mol. The molecule has 0 aliphatic rings. The van der Waals surface area contributed by atoms with Crippen molar-refractivity contribution >= 4 is 5.91 Å². The summed E-state index contributed by atoms with van der Waals surface area (Å²) >= 11 is 0. The van der Waals surface area contributed by atoms with E-state index in [1.807, 2.05) is 24.3 Å². The Morgan fingerprint density at radius 2 is 1.96 bits per heavy atom. The number of benzene rings is 2. The molecular weight excluding hydrogens is 334 g/mol. The molecule has 0 unspecified atom stereocenters. The fraction of sp³-hybridized carbons (Fsp3) is 0.211. The molecule has 0 spiro atoms.